The Balaban J connectivity index is 1.44. The average molecular weight is 493 g/mol. The van der Waals surface area contributed by atoms with Crippen molar-refractivity contribution in [1.29, 1.82) is 0 Å². The van der Waals surface area contributed by atoms with Crippen LogP contribution in [0.4, 0.5) is 16.2 Å². The standard InChI is InChI=1S/C24H30ClFN4O2S/c1-23(2)12-19-20(33(23)32)21(29-24(14-31)9-3-10-24)28-22(27-19)30-11-8-17(18(26)13-30)15-4-6-16(25)7-5-15/h4-7,17-18,31H,3,8-14H2,1-2H3,(H,27,28,29)/t17?,18?,33-/m1/s1. The predicted molar refractivity (Wildman–Crippen MR) is 129 cm³/mol. The molecule has 3 atom stereocenters. The fourth-order valence-electron chi connectivity index (χ4n) is 5.12. The van der Waals surface area contributed by atoms with Gasteiger partial charge in [-0.3, -0.25) is 4.21 Å². The third-order valence-electron chi connectivity index (χ3n) is 7.32. The number of hydrogen-bond acceptors (Lipinski definition) is 6. The fraction of sp³-hybridized carbons (Fsp3) is 0.583. The van der Waals surface area contributed by atoms with E-state index in [1.165, 1.54) is 0 Å². The molecule has 2 unspecified atom stereocenters. The van der Waals surface area contributed by atoms with Crippen molar-refractivity contribution in [1.82, 2.24) is 9.97 Å². The van der Waals surface area contributed by atoms with Gasteiger partial charge in [-0.15, -0.1) is 0 Å². The van der Waals surface area contributed by atoms with E-state index in [9.17, 15) is 9.32 Å². The van der Waals surface area contributed by atoms with Gasteiger partial charge in [-0.05, 0) is 57.2 Å². The lowest BCUT2D eigenvalue weighted by Crippen LogP contribution is -2.49. The Morgan fingerprint density at radius 2 is 2.00 bits per heavy atom. The molecule has 6 nitrogen and oxygen atoms in total. The number of halogens is 2. The van der Waals surface area contributed by atoms with Crippen molar-refractivity contribution in [2.24, 2.45) is 0 Å². The second kappa shape index (κ2) is 8.47. The molecule has 5 rings (SSSR count). The first kappa shape index (κ1) is 23.0. The van der Waals surface area contributed by atoms with Crippen molar-refractivity contribution in [2.75, 3.05) is 29.9 Å². The Hall–Kier alpha value is -1.77. The van der Waals surface area contributed by atoms with Crippen molar-refractivity contribution < 1.29 is 13.7 Å². The number of aliphatic hydroxyl groups is 1. The minimum Gasteiger partial charge on any atom is -0.394 e. The summed E-state index contributed by atoms with van der Waals surface area (Å²) in [5, 5.41) is 14.0. The third-order valence-corrected chi connectivity index (χ3v) is 9.52. The van der Waals surface area contributed by atoms with E-state index in [1.807, 2.05) is 30.9 Å². The van der Waals surface area contributed by atoms with Gasteiger partial charge in [0.25, 0.3) is 0 Å². The summed E-state index contributed by atoms with van der Waals surface area (Å²) < 4.78 is 28.1. The van der Waals surface area contributed by atoms with Crippen molar-refractivity contribution in [3.63, 3.8) is 0 Å². The van der Waals surface area contributed by atoms with Crippen LogP contribution in [-0.4, -0.2) is 55.4 Å². The zero-order valence-corrected chi connectivity index (χ0v) is 20.6. The molecule has 0 spiro atoms. The van der Waals surface area contributed by atoms with Crippen molar-refractivity contribution in [3.8, 4) is 0 Å². The molecule has 178 valence electrons. The molecule has 0 radical (unpaired) electrons. The molecule has 2 aromatic rings. The highest BCUT2D eigenvalue weighted by atomic mass is 35.5. The van der Waals surface area contributed by atoms with Gasteiger partial charge in [0.05, 0.1) is 39.9 Å². The lowest BCUT2D eigenvalue weighted by Gasteiger charge is -2.42. The first-order valence-corrected chi connectivity index (χ1v) is 13.1. The van der Waals surface area contributed by atoms with Crippen LogP contribution in [0.3, 0.4) is 0 Å². The average Bonchev–Trinajstić information content (AvgIpc) is 2.99. The largest absolute Gasteiger partial charge is 0.394 e. The highest BCUT2D eigenvalue weighted by Crippen LogP contribution is 2.43. The molecule has 3 aliphatic rings. The van der Waals surface area contributed by atoms with Gasteiger partial charge in [0.15, 0.2) is 0 Å². The third kappa shape index (κ3) is 4.15. The molecular formula is C24H30ClFN4O2S. The van der Waals surface area contributed by atoms with Crippen LogP contribution in [0.15, 0.2) is 29.2 Å². The van der Waals surface area contributed by atoms with Gasteiger partial charge in [-0.2, -0.15) is 4.98 Å². The van der Waals surface area contributed by atoms with Crippen molar-refractivity contribution in [2.45, 2.75) is 73.2 Å². The van der Waals surface area contributed by atoms with Gasteiger partial charge >= 0.3 is 0 Å². The van der Waals surface area contributed by atoms with Gasteiger partial charge in [0.1, 0.15) is 16.9 Å². The predicted octanol–water partition coefficient (Wildman–Crippen LogP) is 4.23. The van der Waals surface area contributed by atoms with Crippen LogP contribution in [0.25, 0.3) is 0 Å². The van der Waals surface area contributed by atoms with E-state index in [0.29, 0.717) is 41.1 Å². The van der Waals surface area contributed by atoms with E-state index >= 15 is 4.39 Å². The Kier molecular flexibility index (Phi) is 5.90. The molecule has 1 aromatic carbocycles. The Labute approximate surface area is 201 Å². The molecule has 0 amide bonds. The lowest BCUT2D eigenvalue weighted by atomic mass is 9.77. The second-order valence-electron chi connectivity index (χ2n) is 10.2. The number of nitrogens with one attached hydrogen (secondary N) is 1. The van der Waals surface area contributed by atoms with E-state index in [4.69, 9.17) is 21.6 Å². The molecule has 0 bridgehead atoms. The maximum atomic E-state index is 15.3. The molecule has 33 heavy (non-hydrogen) atoms. The summed E-state index contributed by atoms with van der Waals surface area (Å²) in [6, 6.07) is 7.40. The molecule has 1 aliphatic carbocycles. The summed E-state index contributed by atoms with van der Waals surface area (Å²) in [7, 11) is -1.26. The number of rotatable bonds is 5. The fourth-order valence-corrected chi connectivity index (χ4v) is 6.67. The van der Waals surface area contributed by atoms with Crippen LogP contribution in [0.1, 0.15) is 56.7 Å². The van der Waals surface area contributed by atoms with Crippen LogP contribution in [0, 0.1) is 0 Å². The molecule has 2 aliphatic heterocycles. The quantitative estimate of drug-likeness (QED) is 0.650. The SMILES string of the molecule is CC1(C)Cc2nc(N3CCC(c4ccc(Cl)cc4)C(F)C3)nc(NC3(CO)CCC3)c2[S@]1=O. The molecule has 9 heteroatoms. The van der Waals surface area contributed by atoms with E-state index in [2.05, 4.69) is 5.32 Å². The monoisotopic (exact) mass is 492 g/mol. The van der Waals surface area contributed by atoms with Gasteiger partial charge in [-0.1, -0.05) is 23.7 Å². The number of hydrogen-bond donors (Lipinski definition) is 2. The normalized spacial score (nSPS) is 27.7. The zero-order chi connectivity index (χ0) is 23.4. The summed E-state index contributed by atoms with van der Waals surface area (Å²) >= 11 is 5.99. The van der Waals surface area contributed by atoms with Crippen LogP contribution >= 0.6 is 11.6 Å². The summed E-state index contributed by atoms with van der Waals surface area (Å²) in [6.07, 6.45) is 2.87. The first-order valence-electron chi connectivity index (χ1n) is 11.6. The van der Waals surface area contributed by atoms with E-state index in [-0.39, 0.29) is 19.1 Å². The minimum atomic E-state index is -1.26. The second-order valence-corrected chi connectivity index (χ2v) is 12.7. The van der Waals surface area contributed by atoms with E-state index in [1.54, 1.807) is 12.1 Å². The number of benzene rings is 1. The molecule has 2 fully saturated rings. The van der Waals surface area contributed by atoms with E-state index < -0.39 is 27.3 Å². The van der Waals surface area contributed by atoms with E-state index in [0.717, 1.165) is 30.5 Å². The number of fused-ring (bicyclic) bond motifs is 1. The van der Waals surface area contributed by atoms with Gasteiger partial charge < -0.3 is 15.3 Å². The smallest absolute Gasteiger partial charge is 0.227 e. The number of alkyl halides is 1. The Bertz CT molecular complexity index is 1070. The minimum absolute atomic E-state index is 0.00379. The maximum absolute atomic E-state index is 15.3. The summed E-state index contributed by atoms with van der Waals surface area (Å²) in [5.74, 6) is 0.808. The molecule has 3 heterocycles. The number of nitrogens with zero attached hydrogens (tertiary/aromatic N) is 3. The Morgan fingerprint density at radius 3 is 2.61 bits per heavy atom. The molecule has 1 aromatic heterocycles. The van der Waals surface area contributed by atoms with Crippen LogP contribution in [0.2, 0.25) is 5.02 Å². The van der Waals surface area contributed by atoms with Gasteiger partial charge in [0.2, 0.25) is 5.95 Å². The zero-order valence-electron chi connectivity index (χ0n) is 19.0. The highest BCUT2D eigenvalue weighted by molar-refractivity contribution is 7.87. The van der Waals surface area contributed by atoms with Crippen LogP contribution in [-0.2, 0) is 17.2 Å². The highest BCUT2D eigenvalue weighted by Gasteiger charge is 2.44. The summed E-state index contributed by atoms with van der Waals surface area (Å²) in [6.45, 7) is 4.76. The topological polar surface area (TPSA) is 78.3 Å². The maximum Gasteiger partial charge on any atom is 0.227 e. The van der Waals surface area contributed by atoms with Crippen LogP contribution < -0.4 is 10.2 Å². The first-order chi connectivity index (χ1) is 15.7. The number of piperidine rings is 1. The summed E-state index contributed by atoms with van der Waals surface area (Å²) in [5.41, 5.74) is 1.28. The number of anilines is 2. The van der Waals surface area contributed by atoms with Crippen molar-refractivity contribution >= 4 is 34.2 Å². The number of aromatic nitrogens is 2. The van der Waals surface area contributed by atoms with Gasteiger partial charge in [-0.25, -0.2) is 9.37 Å². The van der Waals surface area contributed by atoms with Crippen LogP contribution in [0.5, 0.6) is 0 Å². The molecular weight excluding hydrogens is 463 g/mol. The number of aliphatic hydroxyl groups excluding tert-OH is 1. The summed E-state index contributed by atoms with van der Waals surface area (Å²) in [4.78, 5) is 12.0. The Morgan fingerprint density at radius 1 is 1.27 bits per heavy atom. The van der Waals surface area contributed by atoms with Gasteiger partial charge in [0, 0.05) is 23.9 Å². The lowest BCUT2D eigenvalue weighted by molar-refractivity contribution is 0.143. The molecule has 1 saturated carbocycles. The molecule has 1 saturated heterocycles. The van der Waals surface area contributed by atoms with Crippen molar-refractivity contribution in [3.05, 3.63) is 40.5 Å². The molecule has 2 N–H and O–H groups in total.